The predicted octanol–water partition coefficient (Wildman–Crippen LogP) is 1.94. The molecule has 0 aliphatic carbocycles. The molecule has 0 unspecified atom stereocenters. The molecule has 0 aliphatic heterocycles. The average molecular weight is 172 g/mol. The van der Waals surface area contributed by atoms with E-state index in [1.807, 2.05) is 12.1 Å². The summed E-state index contributed by atoms with van der Waals surface area (Å²) in [5.41, 5.74) is 1.09. The largest absolute Gasteiger partial charge is 0.506 e. The minimum Gasteiger partial charge on any atom is -0.506 e. The lowest BCUT2D eigenvalue weighted by molar-refractivity contribution is 0.480. The maximum absolute atomic E-state index is 9.45. The van der Waals surface area contributed by atoms with Crippen molar-refractivity contribution in [3.05, 3.63) is 36.0 Å². The maximum atomic E-state index is 9.45. The molecule has 64 valence electrons. The SMILES string of the molecule is N=Cc1ccc2cccc(O)c2n1. The minimum atomic E-state index is 0.154. The van der Waals surface area contributed by atoms with Gasteiger partial charge in [-0.3, -0.25) is 0 Å². The number of aromatic hydroxyl groups is 1. The van der Waals surface area contributed by atoms with Gasteiger partial charge in [-0.1, -0.05) is 18.2 Å². The molecule has 13 heavy (non-hydrogen) atoms. The minimum absolute atomic E-state index is 0.154. The first-order valence-corrected chi connectivity index (χ1v) is 3.90. The summed E-state index contributed by atoms with van der Waals surface area (Å²) < 4.78 is 0. The zero-order chi connectivity index (χ0) is 9.26. The summed E-state index contributed by atoms with van der Waals surface area (Å²) in [6, 6.07) is 8.81. The fourth-order valence-corrected chi connectivity index (χ4v) is 1.23. The lowest BCUT2D eigenvalue weighted by Gasteiger charge is -1.99. The van der Waals surface area contributed by atoms with Gasteiger partial charge >= 0.3 is 0 Å². The van der Waals surface area contributed by atoms with Crippen molar-refractivity contribution in [2.75, 3.05) is 0 Å². The second-order valence-corrected chi connectivity index (χ2v) is 2.73. The van der Waals surface area contributed by atoms with Crippen LogP contribution in [0.5, 0.6) is 5.75 Å². The summed E-state index contributed by atoms with van der Waals surface area (Å²) in [4.78, 5) is 4.10. The van der Waals surface area contributed by atoms with E-state index < -0.39 is 0 Å². The molecule has 2 aromatic rings. The highest BCUT2D eigenvalue weighted by atomic mass is 16.3. The van der Waals surface area contributed by atoms with Crippen molar-refractivity contribution in [2.45, 2.75) is 0 Å². The van der Waals surface area contributed by atoms with Gasteiger partial charge in [-0.2, -0.15) is 0 Å². The van der Waals surface area contributed by atoms with Crippen molar-refractivity contribution in [2.24, 2.45) is 0 Å². The third-order valence-electron chi connectivity index (χ3n) is 1.87. The summed E-state index contributed by atoms with van der Waals surface area (Å²) in [5, 5.41) is 17.4. The van der Waals surface area contributed by atoms with E-state index >= 15 is 0 Å². The Morgan fingerprint density at radius 3 is 2.85 bits per heavy atom. The Labute approximate surface area is 75.2 Å². The van der Waals surface area contributed by atoms with E-state index in [1.54, 1.807) is 18.2 Å². The van der Waals surface area contributed by atoms with Gasteiger partial charge in [0.25, 0.3) is 0 Å². The molecule has 1 heterocycles. The molecule has 0 aliphatic rings. The standard InChI is InChI=1S/C10H8N2O/c11-6-8-5-4-7-2-1-3-9(13)10(7)12-8/h1-6,11,13H. The number of aromatic nitrogens is 1. The zero-order valence-corrected chi connectivity index (χ0v) is 6.86. The van der Waals surface area contributed by atoms with Crippen molar-refractivity contribution in [1.82, 2.24) is 4.98 Å². The number of nitrogens with zero attached hydrogens (tertiary/aromatic N) is 1. The Morgan fingerprint density at radius 2 is 2.08 bits per heavy atom. The molecule has 0 amide bonds. The van der Waals surface area contributed by atoms with Crippen LogP contribution in [0.25, 0.3) is 10.9 Å². The molecule has 0 saturated heterocycles. The van der Waals surface area contributed by atoms with Crippen LogP contribution in [0.4, 0.5) is 0 Å². The van der Waals surface area contributed by atoms with E-state index in [0.717, 1.165) is 11.6 Å². The van der Waals surface area contributed by atoms with Gasteiger partial charge in [0.15, 0.2) is 0 Å². The van der Waals surface area contributed by atoms with Gasteiger partial charge in [0.1, 0.15) is 11.3 Å². The fourth-order valence-electron chi connectivity index (χ4n) is 1.23. The van der Waals surface area contributed by atoms with Crippen molar-refractivity contribution < 1.29 is 5.11 Å². The number of nitrogens with one attached hydrogen (secondary N) is 1. The Balaban J connectivity index is 2.81. The van der Waals surface area contributed by atoms with Crippen LogP contribution in [0.15, 0.2) is 30.3 Å². The number of rotatable bonds is 1. The third-order valence-corrected chi connectivity index (χ3v) is 1.87. The number of pyridine rings is 1. The smallest absolute Gasteiger partial charge is 0.141 e. The molecule has 2 N–H and O–H groups in total. The van der Waals surface area contributed by atoms with E-state index in [-0.39, 0.29) is 5.75 Å². The number of hydrogen-bond acceptors (Lipinski definition) is 3. The number of fused-ring (bicyclic) bond motifs is 1. The van der Waals surface area contributed by atoms with E-state index in [2.05, 4.69) is 4.98 Å². The number of benzene rings is 1. The summed E-state index contributed by atoms with van der Waals surface area (Å²) in [6.07, 6.45) is 1.16. The molecular formula is C10H8N2O. The molecule has 3 heteroatoms. The topological polar surface area (TPSA) is 57.0 Å². The summed E-state index contributed by atoms with van der Waals surface area (Å²) in [6.45, 7) is 0. The Kier molecular flexibility index (Phi) is 1.70. The molecule has 3 nitrogen and oxygen atoms in total. The van der Waals surface area contributed by atoms with Gasteiger partial charge in [0.05, 0.1) is 5.69 Å². The van der Waals surface area contributed by atoms with E-state index in [1.165, 1.54) is 0 Å². The van der Waals surface area contributed by atoms with Crippen LogP contribution in [0.3, 0.4) is 0 Å². The summed E-state index contributed by atoms with van der Waals surface area (Å²) >= 11 is 0. The monoisotopic (exact) mass is 172 g/mol. The first-order valence-electron chi connectivity index (χ1n) is 3.90. The Hall–Kier alpha value is -1.90. The Morgan fingerprint density at radius 1 is 1.23 bits per heavy atom. The first-order chi connectivity index (χ1) is 6.31. The fraction of sp³-hybridized carbons (Fsp3) is 0. The summed E-state index contributed by atoms with van der Waals surface area (Å²) in [5.74, 6) is 0.154. The molecule has 0 bridgehead atoms. The molecule has 1 aromatic heterocycles. The average Bonchev–Trinajstić information content (AvgIpc) is 2.18. The molecule has 0 fully saturated rings. The van der Waals surface area contributed by atoms with Gasteiger partial charge in [0, 0.05) is 11.6 Å². The molecule has 1 aromatic carbocycles. The van der Waals surface area contributed by atoms with Gasteiger partial charge in [-0.15, -0.1) is 0 Å². The van der Waals surface area contributed by atoms with Crippen LogP contribution in [0.2, 0.25) is 0 Å². The quantitative estimate of drug-likeness (QED) is 0.646. The van der Waals surface area contributed by atoms with Crippen molar-refractivity contribution >= 4 is 17.1 Å². The number of phenols is 1. The predicted molar refractivity (Wildman–Crippen MR) is 51.3 cm³/mol. The number of phenolic OH excluding ortho intramolecular Hbond substituents is 1. The van der Waals surface area contributed by atoms with Crippen LogP contribution in [0, 0.1) is 5.41 Å². The van der Waals surface area contributed by atoms with E-state index in [4.69, 9.17) is 5.41 Å². The van der Waals surface area contributed by atoms with Crippen LogP contribution in [-0.2, 0) is 0 Å². The van der Waals surface area contributed by atoms with E-state index in [9.17, 15) is 5.11 Å². The van der Waals surface area contributed by atoms with E-state index in [0.29, 0.717) is 11.2 Å². The highest BCUT2D eigenvalue weighted by molar-refractivity contribution is 5.87. The van der Waals surface area contributed by atoms with Gasteiger partial charge < -0.3 is 10.5 Å². The maximum Gasteiger partial charge on any atom is 0.141 e. The number of hydrogen-bond donors (Lipinski definition) is 2. The van der Waals surface area contributed by atoms with Crippen molar-refractivity contribution in [1.29, 1.82) is 5.41 Å². The Bertz CT molecular complexity index is 465. The summed E-state index contributed by atoms with van der Waals surface area (Å²) in [7, 11) is 0. The van der Waals surface area contributed by atoms with Gasteiger partial charge in [-0.25, -0.2) is 4.98 Å². The van der Waals surface area contributed by atoms with Gasteiger partial charge in [-0.05, 0) is 12.1 Å². The van der Waals surface area contributed by atoms with Crippen molar-refractivity contribution in [3.63, 3.8) is 0 Å². The molecule has 0 saturated carbocycles. The van der Waals surface area contributed by atoms with Crippen LogP contribution in [0.1, 0.15) is 5.69 Å². The third kappa shape index (κ3) is 1.24. The van der Waals surface area contributed by atoms with Gasteiger partial charge in [0.2, 0.25) is 0 Å². The molecular weight excluding hydrogens is 164 g/mol. The first kappa shape index (κ1) is 7.73. The van der Waals surface area contributed by atoms with Crippen LogP contribution < -0.4 is 0 Å². The normalized spacial score (nSPS) is 10.2. The molecule has 2 rings (SSSR count). The number of para-hydroxylation sites is 1. The second kappa shape index (κ2) is 2.86. The lowest BCUT2D eigenvalue weighted by atomic mass is 10.2. The van der Waals surface area contributed by atoms with Crippen LogP contribution >= 0.6 is 0 Å². The highest BCUT2D eigenvalue weighted by Crippen LogP contribution is 2.21. The molecule has 0 atom stereocenters. The highest BCUT2D eigenvalue weighted by Gasteiger charge is 2.00. The van der Waals surface area contributed by atoms with Crippen LogP contribution in [-0.4, -0.2) is 16.3 Å². The van der Waals surface area contributed by atoms with Crippen molar-refractivity contribution in [3.8, 4) is 5.75 Å². The second-order valence-electron chi connectivity index (χ2n) is 2.73. The lowest BCUT2D eigenvalue weighted by Crippen LogP contribution is -1.87. The zero-order valence-electron chi connectivity index (χ0n) is 6.86. The molecule has 0 radical (unpaired) electrons. The molecule has 0 spiro atoms.